The van der Waals surface area contributed by atoms with Gasteiger partial charge in [0.15, 0.2) is 0 Å². The van der Waals surface area contributed by atoms with Gasteiger partial charge in [0, 0.05) is 19.0 Å². The topological polar surface area (TPSA) is 107 Å². The molecule has 2 N–H and O–H groups in total. The molecule has 1 atom stereocenters. The summed E-state index contributed by atoms with van der Waals surface area (Å²) in [6.45, 7) is 0.132. The lowest BCUT2D eigenvalue weighted by atomic mass is 10.1. The zero-order valence-corrected chi connectivity index (χ0v) is 10.5. The highest BCUT2D eigenvalue weighted by Crippen LogP contribution is 2.32. The molecule has 1 saturated heterocycles. The zero-order chi connectivity index (χ0) is 14.2. The predicted molar refractivity (Wildman–Crippen MR) is 67.8 cm³/mol. The van der Waals surface area contributed by atoms with Gasteiger partial charge in [-0.2, -0.15) is 0 Å². The van der Waals surface area contributed by atoms with Gasteiger partial charge in [-0.05, 0) is 12.1 Å². The maximum Gasteiger partial charge on any atom is 0.289 e. The lowest BCUT2D eigenvalue weighted by molar-refractivity contribution is -0.384. The summed E-state index contributed by atoms with van der Waals surface area (Å²) in [6, 6.07) is 4.06. The smallest absolute Gasteiger partial charge is 0.289 e. The highest BCUT2D eigenvalue weighted by molar-refractivity contribution is 6.32. The summed E-state index contributed by atoms with van der Waals surface area (Å²) >= 11 is 5.69. The second-order valence-corrected chi connectivity index (χ2v) is 4.61. The summed E-state index contributed by atoms with van der Waals surface area (Å²) in [4.78, 5) is 34.3. The Morgan fingerprint density at radius 3 is 2.74 bits per heavy atom. The molecular formula is C11H10ClN3O4. The van der Waals surface area contributed by atoms with Gasteiger partial charge < -0.3 is 10.6 Å². The number of hydrogen-bond donors (Lipinski definition) is 1. The van der Waals surface area contributed by atoms with Crippen LogP contribution in [0.4, 0.5) is 11.4 Å². The number of nitrogens with zero attached hydrogens (tertiary/aromatic N) is 2. The van der Waals surface area contributed by atoms with Crippen molar-refractivity contribution in [3.8, 4) is 0 Å². The average Bonchev–Trinajstić information content (AvgIpc) is 2.72. The molecule has 1 fully saturated rings. The molecule has 0 radical (unpaired) electrons. The van der Waals surface area contributed by atoms with Gasteiger partial charge in [-0.1, -0.05) is 11.6 Å². The molecule has 1 aliphatic rings. The third-order valence-corrected chi connectivity index (χ3v) is 3.29. The molecule has 0 spiro atoms. The van der Waals surface area contributed by atoms with Crippen molar-refractivity contribution in [2.75, 3.05) is 11.4 Å². The number of primary amides is 1. The first kappa shape index (κ1) is 13.3. The van der Waals surface area contributed by atoms with Crippen molar-refractivity contribution >= 4 is 34.8 Å². The monoisotopic (exact) mass is 283 g/mol. The van der Waals surface area contributed by atoms with Gasteiger partial charge in [-0.15, -0.1) is 0 Å². The van der Waals surface area contributed by atoms with Gasteiger partial charge in [-0.3, -0.25) is 19.7 Å². The van der Waals surface area contributed by atoms with Crippen LogP contribution in [0.15, 0.2) is 18.2 Å². The normalized spacial score (nSPS) is 18.7. The van der Waals surface area contributed by atoms with Crippen molar-refractivity contribution < 1.29 is 14.5 Å². The molecule has 1 aromatic carbocycles. The fourth-order valence-corrected chi connectivity index (χ4v) is 2.14. The first-order chi connectivity index (χ1) is 8.90. The molecule has 19 heavy (non-hydrogen) atoms. The van der Waals surface area contributed by atoms with Crippen LogP contribution in [0.3, 0.4) is 0 Å². The van der Waals surface area contributed by atoms with E-state index in [1.54, 1.807) is 0 Å². The van der Waals surface area contributed by atoms with Gasteiger partial charge in [0.1, 0.15) is 5.02 Å². The number of rotatable bonds is 3. The molecular weight excluding hydrogens is 274 g/mol. The lowest BCUT2D eigenvalue weighted by Gasteiger charge is -2.16. The van der Waals surface area contributed by atoms with Crippen LogP contribution in [0.5, 0.6) is 0 Å². The first-order valence-corrected chi connectivity index (χ1v) is 5.81. The van der Waals surface area contributed by atoms with Crippen molar-refractivity contribution in [2.24, 2.45) is 11.7 Å². The Morgan fingerprint density at radius 2 is 2.21 bits per heavy atom. The summed E-state index contributed by atoms with van der Waals surface area (Å²) in [7, 11) is 0. The van der Waals surface area contributed by atoms with E-state index in [-0.39, 0.29) is 29.6 Å². The number of carbonyl (C=O) groups excluding carboxylic acids is 2. The minimum Gasteiger partial charge on any atom is -0.369 e. The van der Waals surface area contributed by atoms with Crippen LogP contribution in [-0.2, 0) is 9.59 Å². The second-order valence-electron chi connectivity index (χ2n) is 4.20. The Bertz CT molecular complexity index is 575. The fourth-order valence-electron chi connectivity index (χ4n) is 1.96. The summed E-state index contributed by atoms with van der Waals surface area (Å²) in [5, 5.41) is 10.8. The Kier molecular flexibility index (Phi) is 3.39. The quantitative estimate of drug-likeness (QED) is 0.661. The molecule has 0 aliphatic carbocycles. The number of anilines is 1. The van der Waals surface area contributed by atoms with Crippen LogP contribution in [0, 0.1) is 16.0 Å². The maximum absolute atomic E-state index is 11.8. The van der Waals surface area contributed by atoms with Crippen molar-refractivity contribution in [1.29, 1.82) is 0 Å². The standard InChI is InChI=1S/C11H10ClN3O4/c12-8-2-1-7(4-9(8)15(18)19)14-5-6(11(13)17)3-10(14)16/h1-2,4,6H,3,5H2,(H2,13,17). The predicted octanol–water partition coefficient (Wildman–Crippen LogP) is 1.09. The van der Waals surface area contributed by atoms with Crippen molar-refractivity contribution in [1.82, 2.24) is 0 Å². The Hall–Kier alpha value is -2.15. The van der Waals surface area contributed by atoms with Crippen LogP contribution in [0.2, 0.25) is 5.02 Å². The molecule has 2 rings (SSSR count). The van der Waals surface area contributed by atoms with E-state index in [9.17, 15) is 19.7 Å². The number of nitro groups is 1. The molecule has 0 bridgehead atoms. The second kappa shape index (κ2) is 4.85. The number of halogens is 1. The summed E-state index contributed by atoms with van der Waals surface area (Å²) < 4.78 is 0. The Morgan fingerprint density at radius 1 is 1.53 bits per heavy atom. The molecule has 100 valence electrons. The molecule has 8 heteroatoms. The molecule has 1 aromatic rings. The highest BCUT2D eigenvalue weighted by Gasteiger charge is 2.34. The number of amides is 2. The zero-order valence-electron chi connectivity index (χ0n) is 9.71. The Balaban J connectivity index is 2.33. The van der Waals surface area contributed by atoms with Crippen LogP contribution < -0.4 is 10.6 Å². The van der Waals surface area contributed by atoms with E-state index < -0.39 is 16.7 Å². The number of hydrogen-bond acceptors (Lipinski definition) is 4. The minimum absolute atomic E-state index is 0.00755. The molecule has 1 unspecified atom stereocenters. The SMILES string of the molecule is NC(=O)C1CC(=O)N(c2ccc(Cl)c([N+](=O)[O-])c2)C1. The third-order valence-electron chi connectivity index (χ3n) is 2.97. The fraction of sp³-hybridized carbons (Fsp3) is 0.273. The van der Waals surface area contributed by atoms with Crippen LogP contribution >= 0.6 is 11.6 Å². The summed E-state index contributed by atoms with van der Waals surface area (Å²) in [6.07, 6.45) is 0.0196. The van der Waals surface area contributed by atoms with E-state index in [0.717, 1.165) is 0 Å². The summed E-state index contributed by atoms with van der Waals surface area (Å²) in [5.74, 6) is -1.41. The number of benzene rings is 1. The molecule has 0 aromatic heterocycles. The van der Waals surface area contributed by atoms with Crippen molar-refractivity contribution in [2.45, 2.75) is 6.42 Å². The highest BCUT2D eigenvalue weighted by atomic mass is 35.5. The largest absolute Gasteiger partial charge is 0.369 e. The van der Waals surface area contributed by atoms with E-state index in [0.29, 0.717) is 5.69 Å². The van der Waals surface area contributed by atoms with E-state index in [4.69, 9.17) is 17.3 Å². The van der Waals surface area contributed by atoms with Crippen LogP contribution in [0.1, 0.15) is 6.42 Å². The molecule has 1 heterocycles. The molecule has 1 aliphatic heterocycles. The molecule has 7 nitrogen and oxygen atoms in total. The average molecular weight is 284 g/mol. The van der Waals surface area contributed by atoms with Gasteiger partial charge in [0.25, 0.3) is 5.69 Å². The van der Waals surface area contributed by atoms with Crippen molar-refractivity contribution in [3.63, 3.8) is 0 Å². The van der Waals surface area contributed by atoms with Crippen molar-refractivity contribution in [3.05, 3.63) is 33.3 Å². The van der Waals surface area contributed by atoms with Crippen LogP contribution in [0.25, 0.3) is 0 Å². The van der Waals surface area contributed by atoms with Gasteiger partial charge >= 0.3 is 0 Å². The van der Waals surface area contributed by atoms with Gasteiger partial charge in [0.05, 0.1) is 16.5 Å². The number of nitrogens with two attached hydrogens (primary N) is 1. The number of nitro benzene ring substituents is 1. The number of carbonyl (C=O) groups is 2. The van der Waals surface area contributed by atoms with E-state index >= 15 is 0 Å². The molecule has 0 saturated carbocycles. The lowest BCUT2D eigenvalue weighted by Crippen LogP contribution is -2.28. The summed E-state index contributed by atoms with van der Waals surface area (Å²) in [5.41, 5.74) is 5.21. The van der Waals surface area contributed by atoms with E-state index in [2.05, 4.69) is 0 Å². The first-order valence-electron chi connectivity index (χ1n) is 5.43. The molecule has 2 amide bonds. The van der Waals surface area contributed by atoms with Crippen LogP contribution in [-0.4, -0.2) is 23.3 Å². The Labute approximate surface area is 113 Å². The van der Waals surface area contributed by atoms with Gasteiger partial charge in [-0.25, -0.2) is 0 Å². The van der Waals surface area contributed by atoms with E-state index in [1.165, 1.54) is 23.1 Å². The van der Waals surface area contributed by atoms with E-state index in [1.807, 2.05) is 0 Å². The third kappa shape index (κ3) is 2.50. The minimum atomic E-state index is -0.627. The van der Waals surface area contributed by atoms with Gasteiger partial charge in [0.2, 0.25) is 11.8 Å². The maximum atomic E-state index is 11.8.